The second-order valence-electron chi connectivity index (χ2n) is 4.64. The Hall–Kier alpha value is -2.40. The van der Waals surface area contributed by atoms with Crippen LogP contribution in [0, 0.1) is 0 Å². The fourth-order valence-corrected chi connectivity index (χ4v) is 2.05. The Labute approximate surface area is 123 Å². The number of aromatic carboxylic acids is 1. The summed E-state index contributed by atoms with van der Waals surface area (Å²) in [6.45, 7) is 2.39. The highest BCUT2D eigenvalue weighted by Gasteiger charge is 2.12. The maximum absolute atomic E-state index is 11.3. The summed E-state index contributed by atoms with van der Waals surface area (Å²) in [6.07, 6.45) is 2.92. The molecule has 5 nitrogen and oxygen atoms in total. The van der Waals surface area contributed by atoms with E-state index in [2.05, 4.69) is 4.98 Å². The van der Waals surface area contributed by atoms with Crippen molar-refractivity contribution in [3.05, 3.63) is 48.3 Å². The van der Waals surface area contributed by atoms with Crippen molar-refractivity contribution in [1.29, 1.82) is 0 Å². The first-order valence-electron chi connectivity index (χ1n) is 6.55. The molecule has 0 radical (unpaired) electrons. The zero-order chi connectivity index (χ0) is 15.2. The number of rotatable bonds is 6. The highest BCUT2D eigenvalue weighted by Crippen LogP contribution is 2.26. The molecule has 1 atom stereocenters. The molecule has 0 bridgehead atoms. The fraction of sp³-hybridized carbons (Fsp3) is 0.250. The first kappa shape index (κ1) is 15.0. The molecule has 5 heteroatoms. The van der Waals surface area contributed by atoms with Gasteiger partial charge in [-0.2, -0.15) is 0 Å². The standard InChI is InChI=1S/C16H17NO4/c1-11(10-20-2)21-13-5-3-4-12(8-13)15-9-17-7-6-14(15)16(18)19/h3-9,11H,10H2,1-2H3,(H,18,19). The van der Waals surface area contributed by atoms with E-state index in [0.29, 0.717) is 17.9 Å². The van der Waals surface area contributed by atoms with Crippen molar-refractivity contribution in [1.82, 2.24) is 4.98 Å². The van der Waals surface area contributed by atoms with Crippen molar-refractivity contribution >= 4 is 5.97 Å². The molecule has 1 aromatic carbocycles. The van der Waals surface area contributed by atoms with E-state index in [4.69, 9.17) is 9.47 Å². The van der Waals surface area contributed by atoms with E-state index in [9.17, 15) is 9.90 Å². The topological polar surface area (TPSA) is 68.7 Å². The van der Waals surface area contributed by atoms with E-state index < -0.39 is 5.97 Å². The maximum Gasteiger partial charge on any atom is 0.336 e. The number of hydrogen-bond donors (Lipinski definition) is 1. The molecule has 1 aromatic heterocycles. The molecular formula is C16H17NO4. The van der Waals surface area contributed by atoms with Crippen LogP contribution in [0.4, 0.5) is 0 Å². The third-order valence-electron chi connectivity index (χ3n) is 2.94. The Morgan fingerprint density at radius 3 is 2.90 bits per heavy atom. The van der Waals surface area contributed by atoms with E-state index in [1.165, 1.54) is 12.3 Å². The van der Waals surface area contributed by atoms with E-state index in [1.807, 2.05) is 25.1 Å². The number of hydrogen-bond acceptors (Lipinski definition) is 4. The smallest absolute Gasteiger partial charge is 0.336 e. The lowest BCUT2D eigenvalue weighted by molar-refractivity contribution is 0.0697. The first-order valence-corrected chi connectivity index (χ1v) is 6.55. The maximum atomic E-state index is 11.3. The zero-order valence-corrected chi connectivity index (χ0v) is 11.9. The van der Waals surface area contributed by atoms with Crippen molar-refractivity contribution in [2.45, 2.75) is 13.0 Å². The number of methoxy groups -OCH3 is 1. The quantitative estimate of drug-likeness (QED) is 0.884. The van der Waals surface area contributed by atoms with Crippen molar-refractivity contribution in [3.63, 3.8) is 0 Å². The molecular weight excluding hydrogens is 270 g/mol. The Bertz CT molecular complexity index is 627. The van der Waals surface area contributed by atoms with Gasteiger partial charge >= 0.3 is 5.97 Å². The SMILES string of the molecule is COCC(C)Oc1cccc(-c2cnccc2C(=O)O)c1. The number of ether oxygens (including phenoxy) is 2. The molecule has 110 valence electrons. The van der Waals surface area contributed by atoms with Crippen molar-refractivity contribution in [2.75, 3.05) is 13.7 Å². The summed E-state index contributed by atoms with van der Waals surface area (Å²) >= 11 is 0. The lowest BCUT2D eigenvalue weighted by atomic mass is 10.0. The highest BCUT2D eigenvalue weighted by atomic mass is 16.5. The van der Waals surface area contributed by atoms with Gasteiger partial charge in [-0.05, 0) is 30.7 Å². The third kappa shape index (κ3) is 3.79. The van der Waals surface area contributed by atoms with Gasteiger partial charge in [-0.25, -0.2) is 4.79 Å². The summed E-state index contributed by atoms with van der Waals surface area (Å²) in [4.78, 5) is 15.3. The molecule has 0 amide bonds. The Morgan fingerprint density at radius 2 is 2.19 bits per heavy atom. The lowest BCUT2D eigenvalue weighted by Gasteiger charge is -2.14. The van der Waals surface area contributed by atoms with Crippen LogP contribution in [-0.2, 0) is 4.74 Å². The molecule has 2 rings (SSSR count). The van der Waals surface area contributed by atoms with Crippen molar-refractivity contribution < 1.29 is 19.4 Å². The molecule has 0 saturated carbocycles. The van der Waals surface area contributed by atoms with Crippen LogP contribution < -0.4 is 4.74 Å². The van der Waals surface area contributed by atoms with Gasteiger partial charge in [0.05, 0.1) is 12.2 Å². The highest BCUT2D eigenvalue weighted by molar-refractivity contribution is 5.95. The number of benzene rings is 1. The summed E-state index contributed by atoms with van der Waals surface area (Å²) in [7, 11) is 1.62. The van der Waals surface area contributed by atoms with Gasteiger partial charge in [-0.15, -0.1) is 0 Å². The summed E-state index contributed by atoms with van der Waals surface area (Å²) in [5.74, 6) is -0.316. The lowest BCUT2D eigenvalue weighted by Crippen LogP contribution is -2.17. The number of nitrogens with zero attached hydrogens (tertiary/aromatic N) is 1. The molecule has 0 spiro atoms. The predicted octanol–water partition coefficient (Wildman–Crippen LogP) is 2.86. The molecule has 1 unspecified atom stereocenters. The average molecular weight is 287 g/mol. The second-order valence-corrected chi connectivity index (χ2v) is 4.64. The van der Waals surface area contributed by atoms with Crippen LogP contribution in [0.15, 0.2) is 42.7 Å². The zero-order valence-electron chi connectivity index (χ0n) is 11.9. The van der Waals surface area contributed by atoms with Crippen LogP contribution in [-0.4, -0.2) is 35.9 Å². The Kier molecular flexibility index (Phi) is 4.90. The summed E-state index contributed by atoms with van der Waals surface area (Å²) < 4.78 is 10.8. The predicted molar refractivity (Wildman–Crippen MR) is 78.6 cm³/mol. The Balaban J connectivity index is 2.31. The Morgan fingerprint density at radius 1 is 1.38 bits per heavy atom. The van der Waals surface area contributed by atoms with Gasteiger partial charge in [0.1, 0.15) is 11.9 Å². The molecule has 0 saturated heterocycles. The van der Waals surface area contributed by atoms with Gasteiger partial charge in [0.15, 0.2) is 0 Å². The fourth-order valence-electron chi connectivity index (χ4n) is 2.05. The van der Waals surface area contributed by atoms with Gasteiger partial charge in [-0.1, -0.05) is 12.1 Å². The van der Waals surface area contributed by atoms with Gasteiger partial charge in [0.25, 0.3) is 0 Å². The summed E-state index contributed by atoms with van der Waals surface area (Å²) in [6, 6.07) is 8.76. The number of carbonyl (C=O) groups is 1. The van der Waals surface area contributed by atoms with Crippen LogP contribution in [0.1, 0.15) is 17.3 Å². The minimum atomic E-state index is -0.980. The van der Waals surface area contributed by atoms with Gasteiger partial charge in [0, 0.05) is 25.1 Å². The third-order valence-corrected chi connectivity index (χ3v) is 2.94. The number of pyridine rings is 1. The van der Waals surface area contributed by atoms with Gasteiger partial charge < -0.3 is 14.6 Å². The monoisotopic (exact) mass is 287 g/mol. The van der Waals surface area contributed by atoms with Crippen molar-refractivity contribution in [3.8, 4) is 16.9 Å². The van der Waals surface area contributed by atoms with Crippen LogP contribution >= 0.6 is 0 Å². The molecule has 1 N–H and O–H groups in total. The minimum absolute atomic E-state index is 0.0851. The van der Waals surface area contributed by atoms with Crippen LogP contribution in [0.5, 0.6) is 5.75 Å². The summed E-state index contributed by atoms with van der Waals surface area (Å²) in [5, 5.41) is 9.24. The molecule has 0 aliphatic heterocycles. The molecule has 2 aromatic rings. The van der Waals surface area contributed by atoms with E-state index >= 15 is 0 Å². The number of carboxylic acid groups (broad SMARTS) is 1. The molecule has 1 heterocycles. The largest absolute Gasteiger partial charge is 0.488 e. The average Bonchev–Trinajstić information content (AvgIpc) is 2.47. The summed E-state index contributed by atoms with van der Waals surface area (Å²) in [5.41, 5.74) is 1.53. The van der Waals surface area contributed by atoms with Crippen LogP contribution in [0.25, 0.3) is 11.1 Å². The minimum Gasteiger partial charge on any atom is -0.488 e. The molecule has 0 fully saturated rings. The second kappa shape index (κ2) is 6.85. The van der Waals surface area contributed by atoms with E-state index in [1.54, 1.807) is 19.4 Å². The first-order chi connectivity index (χ1) is 10.1. The molecule has 21 heavy (non-hydrogen) atoms. The van der Waals surface area contributed by atoms with Gasteiger partial charge in [-0.3, -0.25) is 4.98 Å². The van der Waals surface area contributed by atoms with Crippen molar-refractivity contribution in [2.24, 2.45) is 0 Å². The van der Waals surface area contributed by atoms with E-state index in [-0.39, 0.29) is 11.7 Å². The van der Waals surface area contributed by atoms with E-state index in [0.717, 1.165) is 5.56 Å². The number of aromatic nitrogens is 1. The van der Waals surface area contributed by atoms with Gasteiger partial charge in [0.2, 0.25) is 0 Å². The number of carboxylic acids is 1. The molecule has 0 aliphatic rings. The molecule has 0 aliphatic carbocycles. The van der Waals surface area contributed by atoms with Crippen LogP contribution in [0.2, 0.25) is 0 Å². The normalized spacial score (nSPS) is 11.9. The van der Waals surface area contributed by atoms with Crippen LogP contribution in [0.3, 0.4) is 0 Å².